The molecule has 1 aliphatic rings. The Kier molecular flexibility index (Phi) is 2.26. The van der Waals surface area contributed by atoms with E-state index < -0.39 is 0 Å². The molecule has 1 saturated heterocycles. The highest BCUT2D eigenvalue weighted by molar-refractivity contribution is 5.92. The van der Waals surface area contributed by atoms with Crippen LogP contribution in [0.1, 0.15) is 0 Å². The van der Waals surface area contributed by atoms with Gasteiger partial charge in [-0.2, -0.15) is 0 Å². The normalized spacial score (nSPS) is 16.4. The Balaban J connectivity index is 1.98. The molecule has 3 rings (SSSR count). The highest BCUT2D eigenvalue weighted by atomic mass is 15.2. The van der Waals surface area contributed by atoms with Gasteiger partial charge in [0.05, 0.1) is 0 Å². The van der Waals surface area contributed by atoms with E-state index in [0.717, 1.165) is 25.5 Å². The average molecular weight is 213 g/mol. The third kappa shape index (κ3) is 1.44. The zero-order valence-corrected chi connectivity index (χ0v) is 9.13. The molecule has 0 bridgehead atoms. The molecule has 2 N–H and O–H groups in total. The second kappa shape index (κ2) is 3.76. The highest BCUT2D eigenvalue weighted by Gasteiger charge is 2.27. The van der Waals surface area contributed by atoms with Crippen LogP contribution in [-0.2, 0) is 0 Å². The van der Waals surface area contributed by atoms with Gasteiger partial charge in [0.1, 0.15) is 5.82 Å². The average Bonchev–Trinajstić information content (AvgIpc) is 2.28. The number of rotatable bonds is 2. The first-order valence-corrected chi connectivity index (χ1v) is 5.67. The fourth-order valence-electron chi connectivity index (χ4n) is 2.25. The van der Waals surface area contributed by atoms with E-state index in [0.29, 0.717) is 5.92 Å². The van der Waals surface area contributed by atoms with E-state index in [1.165, 1.54) is 10.8 Å². The summed E-state index contributed by atoms with van der Waals surface area (Å²) in [6.07, 6.45) is 1.88. The van der Waals surface area contributed by atoms with Crippen molar-refractivity contribution in [3.8, 4) is 0 Å². The highest BCUT2D eigenvalue weighted by Crippen LogP contribution is 2.28. The van der Waals surface area contributed by atoms with E-state index in [1.54, 1.807) is 0 Å². The Morgan fingerprint density at radius 1 is 1.25 bits per heavy atom. The van der Waals surface area contributed by atoms with Gasteiger partial charge in [-0.3, -0.25) is 0 Å². The maximum atomic E-state index is 5.64. The molecule has 3 nitrogen and oxygen atoms in total. The molecule has 0 atom stereocenters. The molecule has 0 unspecified atom stereocenters. The van der Waals surface area contributed by atoms with E-state index in [4.69, 9.17) is 5.73 Å². The Hall–Kier alpha value is -1.61. The van der Waals surface area contributed by atoms with Crippen LogP contribution in [0.3, 0.4) is 0 Å². The van der Waals surface area contributed by atoms with Crippen molar-refractivity contribution in [2.45, 2.75) is 0 Å². The third-order valence-electron chi connectivity index (χ3n) is 3.24. The van der Waals surface area contributed by atoms with Gasteiger partial charge in [-0.25, -0.2) is 4.98 Å². The number of benzene rings is 1. The van der Waals surface area contributed by atoms with Gasteiger partial charge >= 0.3 is 0 Å². The molecule has 2 aromatic rings. The molecule has 0 radical (unpaired) electrons. The van der Waals surface area contributed by atoms with E-state index in [9.17, 15) is 0 Å². The lowest BCUT2D eigenvalue weighted by Crippen LogP contribution is -2.50. The molecule has 0 spiro atoms. The molecular formula is C13H15N3. The summed E-state index contributed by atoms with van der Waals surface area (Å²) >= 11 is 0. The quantitative estimate of drug-likeness (QED) is 0.824. The maximum Gasteiger partial charge on any atom is 0.136 e. The van der Waals surface area contributed by atoms with E-state index in [1.807, 2.05) is 6.20 Å². The number of fused-ring (bicyclic) bond motifs is 1. The molecule has 16 heavy (non-hydrogen) atoms. The Morgan fingerprint density at radius 2 is 2.06 bits per heavy atom. The van der Waals surface area contributed by atoms with Crippen LogP contribution in [-0.4, -0.2) is 24.6 Å². The van der Waals surface area contributed by atoms with Crippen molar-refractivity contribution in [2.24, 2.45) is 11.7 Å². The van der Waals surface area contributed by atoms with Gasteiger partial charge in [0.15, 0.2) is 0 Å². The van der Waals surface area contributed by atoms with Crippen molar-refractivity contribution in [1.29, 1.82) is 0 Å². The van der Waals surface area contributed by atoms with Crippen LogP contribution in [0.15, 0.2) is 36.5 Å². The van der Waals surface area contributed by atoms with E-state index >= 15 is 0 Å². The predicted molar refractivity (Wildman–Crippen MR) is 66.5 cm³/mol. The van der Waals surface area contributed by atoms with E-state index in [-0.39, 0.29) is 0 Å². The molecule has 82 valence electrons. The second-order valence-electron chi connectivity index (χ2n) is 4.36. The van der Waals surface area contributed by atoms with Gasteiger partial charge in [-0.05, 0) is 18.0 Å². The maximum absolute atomic E-state index is 5.64. The number of nitrogens with zero attached hydrogens (tertiary/aromatic N) is 2. The zero-order valence-electron chi connectivity index (χ0n) is 9.13. The second-order valence-corrected chi connectivity index (χ2v) is 4.36. The van der Waals surface area contributed by atoms with Crippen molar-refractivity contribution >= 4 is 16.6 Å². The largest absolute Gasteiger partial charge is 0.355 e. The number of pyridine rings is 1. The van der Waals surface area contributed by atoms with Crippen molar-refractivity contribution < 1.29 is 0 Å². The van der Waals surface area contributed by atoms with Crippen molar-refractivity contribution in [1.82, 2.24) is 4.98 Å². The third-order valence-corrected chi connectivity index (χ3v) is 3.24. The van der Waals surface area contributed by atoms with Crippen LogP contribution in [0.2, 0.25) is 0 Å². The number of hydrogen-bond donors (Lipinski definition) is 1. The SMILES string of the molecule is NCC1CN(c2nccc3ccccc23)C1. The van der Waals surface area contributed by atoms with Gasteiger partial charge in [-0.15, -0.1) is 0 Å². The van der Waals surface area contributed by atoms with Crippen molar-refractivity contribution in [2.75, 3.05) is 24.5 Å². The number of hydrogen-bond acceptors (Lipinski definition) is 3. The molecule has 1 aromatic carbocycles. The van der Waals surface area contributed by atoms with Crippen LogP contribution in [0.5, 0.6) is 0 Å². The Bertz CT molecular complexity index is 498. The molecule has 1 aromatic heterocycles. The van der Waals surface area contributed by atoms with E-state index in [2.05, 4.69) is 40.2 Å². The molecular weight excluding hydrogens is 198 g/mol. The smallest absolute Gasteiger partial charge is 0.136 e. The van der Waals surface area contributed by atoms with Crippen LogP contribution >= 0.6 is 0 Å². The molecule has 1 fully saturated rings. The summed E-state index contributed by atoms with van der Waals surface area (Å²) < 4.78 is 0. The molecule has 3 heteroatoms. The summed E-state index contributed by atoms with van der Waals surface area (Å²) in [6.45, 7) is 2.86. The standard InChI is InChI=1S/C13H15N3/c14-7-10-8-16(9-10)13-12-4-2-1-3-11(12)5-6-15-13/h1-6,10H,7-9,14H2. The van der Waals surface area contributed by atoms with Crippen LogP contribution in [0, 0.1) is 5.92 Å². The van der Waals surface area contributed by atoms with Crippen molar-refractivity contribution in [3.05, 3.63) is 36.5 Å². The topological polar surface area (TPSA) is 42.1 Å². The number of anilines is 1. The summed E-state index contributed by atoms with van der Waals surface area (Å²) in [5, 5.41) is 2.49. The Morgan fingerprint density at radius 3 is 2.88 bits per heavy atom. The summed E-state index contributed by atoms with van der Waals surface area (Å²) in [5.41, 5.74) is 5.64. The van der Waals surface area contributed by atoms with Crippen LogP contribution < -0.4 is 10.6 Å². The Labute approximate surface area is 94.9 Å². The summed E-state index contributed by atoms with van der Waals surface area (Å²) in [6, 6.07) is 10.4. The summed E-state index contributed by atoms with van der Waals surface area (Å²) in [5.74, 6) is 1.74. The fraction of sp³-hybridized carbons (Fsp3) is 0.308. The first kappa shape index (κ1) is 9.60. The molecule has 0 amide bonds. The molecule has 2 heterocycles. The predicted octanol–water partition coefficient (Wildman–Crippen LogP) is 1.63. The first-order chi connectivity index (χ1) is 7.88. The fourth-order valence-corrected chi connectivity index (χ4v) is 2.25. The molecule has 0 aliphatic carbocycles. The molecule has 1 aliphatic heterocycles. The summed E-state index contributed by atoms with van der Waals surface area (Å²) in [7, 11) is 0. The lowest BCUT2D eigenvalue weighted by atomic mass is 9.99. The van der Waals surface area contributed by atoms with Crippen molar-refractivity contribution in [3.63, 3.8) is 0 Å². The lowest BCUT2D eigenvalue weighted by molar-refractivity contribution is 0.418. The van der Waals surface area contributed by atoms with Gasteiger partial charge in [-0.1, -0.05) is 24.3 Å². The minimum absolute atomic E-state index is 0.640. The van der Waals surface area contributed by atoms with Gasteiger partial charge in [0, 0.05) is 30.6 Å². The first-order valence-electron chi connectivity index (χ1n) is 5.67. The summed E-state index contributed by atoms with van der Waals surface area (Å²) in [4.78, 5) is 6.79. The van der Waals surface area contributed by atoms with Gasteiger partial charge < -0.3 is 10.6 Å². The number of nitrogens with two attached hydrogens (primary N) is 1. The van der Waals surface area contributed by atoms with Gasteiger partial charge in [0.25, 0.3) is 0 Å². The minimum atomic E-state index is 0.640. The monoisotopic (exact) mass is 213 g/mol. The number of aromatic nitrogens is 1. The van der Waals surface area contributed by atoms with Gasteiger partial charge in [0.2, 0.25) is 0 Å². The minimum Gasteiger partial charge on any atom is -0.355 e. The van der Waals surface area contributed by atoms with Crippen LogP contribution in [0.4, 0.5) is 5.82 Å². The van der Waals surface area contributed by atoms with Crippen LogP contribution in [0.25, 0.3) is 10.8 Å². The zero-order chi connectivity index (χ0) is 11.0. The lowest BCUT2D eigenvalue weighted by Gasteiger charge is -2.40. The molecule has 0 saturated carbocycles.